The maximum Gasteiger partial charge on any atom is 0.303 e. The molecule has 74 valence electrons. The van der Waals surface area contributed by atoms with Gasteiger partial charge in [0.05, 0.1) is 12.7 Å². The molecule has 0 aliphatic carbocycles. The number of aliphatic hydroxyl groups is 2. The molecule has 0 aliphatic rings. The molecule has 0 bridgehead atoms. The third-order valence-electron chi connectivity index (χ3n) is 1.47. The number of terminal acetylenes is 1. The first kappa shape index (κ1) is 11.9. The molecule has 0 heterocycles. The van der Waals surface area contributed by atoms with Crippen molar-refractivity contribution < 1.29 is 19.7 Å². The van der Waals surface area contributed by atoms with Crippen LogP contribution in [0.15, 0.2) is 0 Å². The fourth-order valence-corrected chi connectivity index (χ4v) is 0.812. The fourth-order valence-electron chi connectivity index (χ4n) is 0.812. The van der Waals surface area contributed by atoms with Crippen LogP contribution in [0.1, 0.15) is 19.8 Å². The van der Waals surface area contributed by atoms with Crippen LogP contribution in [0.25, 0.3) is 0 Å². The van der Waals surface area contributed by atoms with Gasteiger partial charge in [-0.25, -0.2) is 0 Å². The molecule has 0 aromatic rings. The van der Waals surface area contributed by atoms with Crippen LogP contribution in [0, 0.1) is 12.3 Å². The first-order valence-electron chi connectivity index (χ1n) is 4.02. The zero-order valence-corrected chi connectivity index (χ0v) is 7.56. The fraction of sp³-hybridized carbons (Fsp3) is 0.667. The molecule has 2 atom stereocenters. The minimum absolute atomic E-state index is 0.308. The van der Waals surface area contributed by atoms with E-state index in [1.807, 2.05) is 0 Å². The molecule has 13 heavy (non-hydrogen) atoms. The number of hydrogen-bond acceptors (Lipinski definition) is 4. The first-order valence-corrected chi connectivity index (χ1v) is 4.02. The van der Waals surface area contributed by atoms with E-state index in [4.69, 9.17) is 21.4 Å². The average molecular weight is 186 g/mol. The smallest absolute Gasteiger partial charge is 0.303 e. The molecule has 0 aromatic heterocycles. The molecule has 0 saturated heterocycles. The van der Waals surface area contributed by atoms with Crippen molar-refractivity contribution in [2.24, 2.45) is 0 Å². The minimum atomic E-state index is -0.800. The molecule has 0 radical (unpaired) electrons. The predicted octanol–water partition coefficient (Wildman–Crippen LogP) is -0.315. The lowest BCUT2D eigenvalue weighted by molar-refractivity contribution is -0.144. The van der Waals surface area contributed by atoms with Crippen molar-refractivity contribution in [1.29, 1.82) is 0 Å². The molecule has 0 fully saturated rings. The van der Waals surface area contributed by atoms with Crippen LogP contribution in [-0.2, 0) is 9.53 Å². The summed E-state index contributed by atoms with van der Waals surface area (Å²) in [5.41, 5.74) is 0. The van der Waals surface area contributed by atoms with E-state index < -0.39 is 18.2 Å². The summed E-state index contributed by atoms with van der Waals surface area (Å²) >= 11 is 0. The van der Waals surface area contributed by atoms with Gasteiger partial charge in [0.15, 0.2) is 6.10 Å². The number of rotatable bonds is 5. The van der Waals surface area contributed by atoms with Gasteiger partial charge in [0.2, 0.25) is 0 Å². The lowest BCUT2D eigenvalue weighted by atomic mass is 10.1. The number of esters is 1. The second-order valence-electron chi connectivity index (χ2n) is 2.68. The molecular weight excluding hydrogens is 172 g/mol. The lowest BCUT2D eigenvalue weighted by Gasteiger charge is -2.12. The standard InChI is InChI=1S/C9H14O4/c1-3-9(13-7(2)11)5-4-8(12)6-10/h1,8-10,12H,4-6H2,2H3/t8-,9-/m1/s1. The zero-order valence-electron chi connectivity index (χ0n) is 7.56. The van der Waals surface area contributed by atoms with E-state index in [1.54, 1.807) is 0 Å². The Labute approximate surface area is 77.5 Å². The van der Waals surface area contributed by atoms with E-state index in [9.17, 15) is 4.79 Å². The Bertz CT molecular complexity index is 194. The molecule has 0 amide bonds. The van der Waals surface area contributed by atoms with Gasteiger partial charge in [0.25, 0.3) is 0 Å². The van der Waals surface area contributed by atoms with Gasteiger partial charge in [-0.2, -0.15) is 0 Å². The highest BCUT2D eigenvalue weighted by atomic mass is 16.5. The van der Waals surface area contributed by atoms with Crippen molar-refractivity contribution in [3.8, 4) is 12.3 Å². The Morgan fingerprint density at radius 2 is 2.23 bits per heavy atom. The molecule has 4 nitrogen and oxygen atoms in total. The van der Waals surface area contributed by atoms with Crippen molar-refractivity contribution in [2.75, 3.05) is 6.61 Å². The third kappa shape index (κ3) is 6.14. The van der Waals surface area contributed by atoms with Crippen LogP contribution in [-0.4, -0.2) is 35.0 Å². The second-order valence-corrected chi connectivity index (χ2v) is 2.68. The van der Waals surface area contributed by atoms with Gasteiger partial charge < -0.3 is 14.9 Å². The summed E-state index contributed by atoms with van der Waals surface area (Å²) in [6.07, 6.45) is 4.34. The number of aliphatic hydroxyl groups excluding tert-OH is 2. The first-order chi connectivity index (χ1) is 6.10. The van der Waals surface area contributed by atoms with Crippen molar-refractivity contribution in [3.05, 3.63) is 0 Å². The van der Waals surface area contributed by atoms with Gasteiger partial charge >= 0.3 is 5.97 Å². The summed E-state index contributed by atoms with van der Waals surface area (Å²) in [4.78, 5) is 10.5. The second kappa shape index (κ2) is 6.46. The summed E-state index contributed by atoms with van der Waals surface area (Å²) in [5, 5.41) is 17.5. The summed E-state index contributed by atoms with van der Waals surface area (Å²) in [5.74, 6) is 1.83. The molecule has 0 rings (SSSR count). The van der Waals surface area contributed by atoms with Crippen molar-refractivity contribution in [1.82, 2.24) is 0 Å². The average Bonchev–Trinajstić information content (AvgIpc) is 2.10. The normalized spacial score (nSPS) is 14.3. The van der Waals surface area contributed by atoms with E-state index >= 15 is 0 Å². The Morgan fingerprint density at radius 1 is 1.62 bits per heavy atom. The van der Waals surface area contributed by atoms with Crippen LogP contribution in [0.3, 0.4) is 0 Å². The van der Waals surface area contributed by atoms with Crippen molar-refractivity contribution in [2.45, 2.75) is 32.0 Å². The van der Waals surface area contributed by atoms with Gasteiger partial charge in [-0.15, -0.1) is 6.42 Å². The quantitative estimate of drug-likeness (QED) is 0.456. The largest absolute Gasteiger partial charge is 0.449 e. The van der Waals surface area contributed by atoms with Gasteiger partial charge in [0.1, 0.15) is 0 Å². The summed E-state index contributed by atoms with van der Waals surface area (Å²) < 4.78 is 4.73. The predicted molar refractivity (Wildman–Crippen MR) is 46.7 cm³/mol. The summed E-state index contributed by atoms with van der Waals surface area (Å²) in [6.45, 7) is 0.962. The van der Waals surface area contributed by atoms with Crippen molar-refractivity contribution >= 4 is 5.97 Å². The van der Waals surface area contributed by atoms with Gasteiger partial charge in [-0.1, -0.05) is 5.92 Å². The number of carbonyl (C=O) groups excluding carboxylic acids is 1. The molecule has 0 unspecified atom stereocenters. The SMILES string of the molecule is C#C[C@H](CC[C@@H](O)CO)OC(C)=O. The molecular formula is C9H14O4. The van der Waals surface area contributed by atoms with E-state index in [0.29, 0.717) is 12.8 Å². The van der Waals surface area contributed by atoms with Crippen molar-refractivity contribution in [3.63, 3.8) is 0 Å². The van der Waals surface area contributed by atoms with E-state index in [2.05, 4.69) is 5.92 Å². The summed E-state index contributed by atoms with van der Waals surface area (Å²) in [7, 11) is 0. The van der Waals surface area contributed by atoms with E-state index in [-0.39, 0.29) is 6.61 Å². The van der Waals surface area contributed by atoms with Crippen LogP contribution >= 0.6 is 0 Å². The molecule has 2 N–H and O–H groups in total. The van der Waals surface area contributed by atoms with Gasteiger partial charge in [-0.05, 0) is 12.8 Å². The number of ether oxygens (including phenoxy) is 1. The summed E-state index contributed by atoms with van der Waals surface area (Å²) in [6, 6.07) is 0. The molecule has 4 heteroatoms. The van der Waals surface area contributed by atoms with Gasteiger partial charge in [-0.3, -0.25) is 4.79 Å². The minimum Gasteiger partial charge on any atom is -0.449 e. The number of hydrogen-bond donors (Lipinski definition) is 2. The molecule has 0 spiro atoms. The van der Waals surface area contributed by atoms with Crippen LogP contribution < -0.4 is 0 Å². The molecule has 0 saturated carbocycles. The maximum absolute atomic E-state index is 10.5. The highest BCUT2D eigenvalue weighted by Gasteiger charge is 2.10. The van der Waals surface area contributed by atoms with E-state index in [1.165, 1.54) is 6.92 Å². The molecule has 0 aromatic carbocycles. The Kier molecular flexibility index (Phi) is 5.94. The maximum atomic E-state index is 10.5. The Morgan fingerprint density at radius 3 is 2.62 bits per heavy atom. The van der Waals surface area contributed by atoms with Crippen LogP contribution in [0.2, 0.25) is 0 Å². The Hall–Kier alpha value is -1.05. The lowest BCUT2D eigenvalue weighted by Crippen LogP contribution is -2.19. The topological polar surface area (TPSA) is 66.8 Å². The highest BCUT2D eigenvalue weighted by molar-refractivity contribution is 5.66. The number of carbonyl (C=O) groups is 1. The zero-order chi connectivity index (χ0) is 10.3. The van der Waals surface area contributed by atoms with Crippen LogP contribution in [0.4, 0.5) is 0 Å². The monoisotopic (exact) mass is 186 g/mol. The van der Waals surface area contributed by atoms with E-state index in [0.717, 1.165) is 0 Å². The third-order valence-corrected chi connectivity index (χ3v) is 1.47. The van der Waals surface area contributed by atoms with Crippen LogP contribution in [0.5, 0.6) is 0 Å². The molecule has 0 aliphatic heterocycles. The van der Waals surface area contributed by atoms with Gasteiger partial charge in [0, 0.05) is 6.92 Å². The highest BCUT2D eigenvalue weighted by Crippen LogP contribution is 2.04. The Balaban J connectivity index is 3.74.